The second-order valence-corrected chi connectivity index (χ2v) is 6.36. The molecule has 2 aliphatic rings. The van der Waals surface area contributed by atoms with E-state index in [0.29, 0.717) is 6.04 Å². The fourth-order valence-corrected chi connectivity index (χ4v) is 3.23. The van der Waals surface area contributed by atoms with Gasteiger partial charge in [0.1, 0.15) is 0 Å². The van der Waals surface area contributed by atoms with E-state index in [4.69, 9.17) is 0 Å². The van der Waals surface area contributed by atoms with Crippen molar-refractivity contribution in [3.8, 4) is 0 Å². The average Bonchev–Trinajstić information content (AvgIpc) is 2.31. The van der Waals surface area contributed by atoms with Crippen molar-refractivity contribution in [1.82, 2.24) is 5.32 Å². The maximum Gasteiger partial charge on any atom is 0.0108 e. The summed E-state index contributed by atoms with van der Waals surface area (Å²) in [6.07, 6.45) is 8.18. The zero-order chi connectivity index (χ0) is 12.4. The van der Waals surface area contributed by atoms with Crippen LogP contribution in [0.2, 0.25) is 0 Å². The molecule has 1 aromatic rings. The summed E-state index contributed by atoms with van der Waals surface area (Å²) >= 11 is 0. The van der Waals surface area contributed by atoms with E-state index in [1.165, 1.54) is 50.6 Å². The van der Waals surface area contributed by atoms with Crippen LogP contribution in [-0.4, -0.2) is 12.6 Å². The van der Waals surface area contributed by atoms with E-state index in [1.807, 2.05) is 0 Å². The zero-order valence-electron chi connectivity index (χ0n) is 11.5. The lowest BCUT2D eigenvalue weighted by molar-refractivity contribution is 0.326. The lowest BCUT2D eigenvalue weighted by Crippen LogP contribution is -2.39. The van der Waals surface area contributed by atoms with Crippen molar-refractivity contribution in [3.05, 3.63) is 35.4 Å². The van der Waals surface area contributed by atoms with Crippen LogP contribution < -0.4 is 5.32 Å². The summed E-state index contributed by atoms with van der Waals surface area (Å²) in [5, 5.41) is 3.69. The third-order valence-corrected chi connectivity index (χ3v) is 4.77. The molecule has 0 spiro atoms. The Hall–Kier alpha value is -0.820. The summed E-state index contributed by atoms with van der Waals surface area (Å²) in [6.45, 7) is 3.55. The third-order valence-electron chi connectivity index (χ3n) is 4.77. The molecule has 98 valence electrons. The number of rotatable bonds is 3. The van der Waals surface area contributed by atoms with Crippen LogP contribution in [0.1, 0.15) is 56.1 Å². The van der Waals surface area contributed by atoms with Crippen molar-refractivity contribution < 1.29 is 0 Å². The van der Waals surface area contributed by atoms with Crippen molar-refractivity contribution in [3.63, 3.8) is 0 Å². The van der Waals surface area contributed by atoms with E-state index in [-0.39, 0.29) is 0 Å². The molecule has 1 saturated carbocycles. The topological polar surface area (TPSA) is 12.0 Å². The van der Waals surface area contributed by atoms with Crippen LogP contribution in [0.5, 0.6) is 0 Å². The summed E-state index contributed by atoms with van der Waals surface area (Å²) in [4.78, 5) is 0. The molecule has 2 fully saturated rings. The van der Waals surface area contributed by atoms with E-state index in [0.717, 1.165) is 11.8 Å². The zero-order valence-corrected chi connectivity index (χ0v) is 11.5. The number of benzene rings is 1. The van der Waals surface area contributed by atoms with Crippen LogP contribution in [0, 0.1) is 5.92 Å². The molecule has 1 heterocycles. The largest absolute Gasteiger partial charge is 0.313 e. The standard InChI is InChI=1S/C17H25N/c1-13-8-9-17(18-12-13)11-14-4-2-7-16(10-14)15-5-3-6-15/h2,4,7,10,13,15,17-18H,3,5-6,8-9,11-12H2,1H3. The fraction of sp³-hybridized carbons (Fsp3) is 0.647. The van der Waals surface area contributed by atoms with Gasteiger partial charge in [-0.2, -0.15) is 0 Å². The van der Waals surface area contributed by atoms with Gasteiger partial charge in [0.2, 0.25) is 0 Å². The quantitative estimate of drug-likeness (QED) is 0.849. The lowest BCUT2D eigenvalue weighted by Gasteiger charge is -2.29. The number of piperidine rings is 1. The minimum atomic E-state index is 0.706. The molecule has 1 aliphatic carbocycles. The van der Waals surface area contributed by atoms with Crippen molar-refractivity contribution >= 4 is 0 Å². The van der Waals surface area contributed by atoms with Crippen molar-refractivity contribution in [2.24, 2.45) is 5.92 Å². The van der Waals surface area contributed by atoms with Gasteiger partial charge in [-0.05, 0) is 61.6 Å². The van der Waals surface area contributed by atoms with Crippen LogP contribution in [0.3, 0.4) is 0 Å². The Morgan fingerprint density at radius 3 is 2.72 bits per heavy atom. The summed E-state index contributed by atoms with van der Waals surface area (Å²) < 4.78 is 0. The highest BCUT2D eigenvalue weighted by Crippen LogP contribution is 2.36. The average molecular weight is 243 g/mol. The molecule has 1 nitrogen and oxygen atoms in total. The van der Waals surface area contributed by atoms with Gasteiger partial charge in [0.15, 0.2) is 0 Å². The highest BCUT2D eigenvalue weighted by atomic mass is 14.9. The summed E-state index contributed by atoms with van der Waals surface area (Å²) in [6, 6.07) is 10.1. The minimum Gasteiger partial charge on any atom is -0.313 e. The lowest BCUT2D eigenvalue weighted by atomic mass is 9.79. The van der Waals surface area contributed by atoms with Gasteiger partial charge in [-0.15, -0.1) is 0 Å². The van der Waals surface area contributed by atoms with E-state index < -0.39 is 0 Å². The molecule has 0 radical (unpaired) electrons. The molecule has 1 saturated heterocycles. The van der Waals surface area contributed by atoms with Crippen LogP contribution in [0.4, 0.5) is 0 Å². The Balaban J connectivity index is 1.61. The van der Waals surface area contributed by atoms with Gasteiger partial charge in [-0.3, -0.25) is 0 Å². The molecule has 0 amide bonds. The summed E-state index contributed by atoms with van der Waals surface area (Å²) in [7, 11) is 0. The predicted octanol–water partition coefficient (Wildman–Crippen LogP) is 3.88. The van der Waals surface area contributed by atoms with Crippen LogP contribution in [-0.2, 0) is 6.42 Å². The predicted molar refractivity (Wildman–Crippen MR) is 76.9 cm³/mol. The smallest absolute Gasteiger partial charge is 0.0108 e. The van der Waals surface area contributed by atoms with E-state index in [1.54, 1.807) is 5.56 Å². The summed E-state index contributed by atoms with van der Waals surface area (Å²) in [5.74, 6) is 1.73. The molecule has 1 aliphatic heterocycles. The van der Waals surface area contributed by atoms with Crippen LogP contribution >= 0.6 is 0 Å². The number of hydrogen-bond acceptors (Lipinski definition) is 1. The van der Waals surface area contributed by atoms with Gasteiger partial charge in [-0.1, -0.05) is 37.6 Å². The van der Waals surface area contributed by atoms with Gasteiger partial charge in [-0.25, -0.2) is 0 Å². The van der Waals surface area contributed by atoms with Gasteiger partial charge >= 0.3 is 0 Å². The highest BCUT2D eigenvalue weighted by Gasteiger charge is 2.21. The number of hydrogen-bond donors (Lipinski definition) is 1. The highest BCUT2D eigenvalue weighted by molar-refractivity contribution is 5.28. The van der Waals surface area contributed by atoms with Gasteiger partial charge < -0.3 is 5.32 Å². The Labute approximate surface area is 111 Å². The second-order valence-electron chi connectivity index (χ2n) is 6.36. The first-order valence-electron chi connectivity index (χ1n) is 7.63. The Morgan fingerprint density at radius 1 is 1.17 bits per heavy atom. The maximum absolute atomic E-state index is 3.69. The van der Waals surface area contributed by atoms with Gasteiger partial charge in [0.25, 0.3) is 0 Å². The normalized spacial score (nSPS) is 28.9. The van der Waals surface area contributed by atoms with E-state index >= 15 is 0 Å². The first-order chi connectivity index (χ1) is 8.81. The van der Waals surface area contributed by atoms with E-state index in [2.05, 4.69) is 36.5 Å². The Morgan fingerprint density at radius 2 is 2.06 bits per heavy atom. The molecule has 3 rings (SSSR count). The third kappa shape index (κ3) is 2.77. The molecule has 0 bridgehead atoms. The monoisotopic (exact) mass is 243 g/mol. The van der Waals surface area contributed by atoms with Crippen LogP contribution in [0.25, 0.3) is 0 Å². The SMILES string of the molecule is CC1CCC(Cc2cccc(C3CCC3)c2)NC1. The molecule has 2 atom stereocenters. The second kappa shape index (κ2) is 5.44. The first-order valence-corrected chi connectivity index (χ1v) is 7.63. The molecule has 1 aromatic carbocycles. The van der Waals surface area contributed by atoms with Crippen molar-refractivity contribution in [2.75, 3.05) is 6.54 Å². The molecular formula is C17H25N. The van der Waals surface area contributed by atoms with Gasteiger partial charge in [0, 0.05) is 6.04 Å². The molecule has 1 N–H and O–H groups in total. The first kappa shape index (κ1) is 12.2. The fourth-order valence-electron chi connectivity index (χ4n) is 3.23. The summed E-state index contributed by atoms with van der Waals surface area (Å²) in [5.41, 5.74) is 3.12. The Bertz CT molecular complexity index is 386. The molecule has 18 heavy (non-hydrogen) atoms. The molecule has 0 aromatic heterocycles. The minimum absolute atomic E-state index is 0.706. The molecular weight excluding hydrogens is 218 g/mol. The molecule has 2 unspecified atom stereocenters. The Kier molecular flexibility index (Phi) is 3.69. The van der Waals surface area contributed by atoms with Crippen LogP contribution in [0.15, 0.2) is 24.3 Å². The van der Waals surface area contributed by atoms with Gasteiger partial charge in [0.05, 0.1) is 0 Å². The number of nitrogens with one attached hydrogen (secondary N) is 1. The maximum atomic E-state index is 3.69. The van der Waals surface area contributed by atoms with Crippen molar-refractivity contribution in [1.29, 1.82) is 0 Å². The van der Waals surface area contributed by atoms with E-state index in [9.17, 15) is 0 Å². The van der Waals surface area contributed by atoms with Crippen molar-refractivity contribution in [2.45, 2.75) is 57.4 Å². The molecule has 1 heteroatoms.